The Bertz CT molecular complexity index is 474. The Kier molecular flexibility index (Phi) is 4.11. The highest BCUT2D eigenvalue weighted by Crippen LogP contribution is 2.40. The van der Waals surface area contributed by atoms with Crippen molar-refractivity contribution in [1.82, 2.24) is 5.32 Å². The number of nitriles is 1. The third-order valence-electron chi connectivity index (χ3n) is 3.92. The minimum Gasteiger partial charge on any atom is -0.490 e. The molecular formula is C16H22N2O. The van der Waals surface area contributed by atoms with Crippen molar-refractivity contribution in [2.24, 2.45) is 5.92 Å². The van der Waals surface area contributed by atoms with Crippen LogP contribution in [0, 0.1) is 17.2 Å². The Balaban J connectivity index is 2.12. The van der Waals surface area contributed by atoms with Gasteiger partial charge in [-0.05, 0) is 43.4 Å². The number of hydrogen-bond donors (Lipinski definition) is 1. The van der Waals surface area contributed by atoms with Crippen LogP contribution in [0.5, 0.6) is 5.75 Å². The molecule has 1 aliphatic carbocycles. The molecule has 19 heavy (non-hydrogen) atoms. The van der Waals surface area contributed by atoms with E-state index in [-0.39, 0.29) is 0 Å². The molecule has 1 aliphatic rings. The standard InChI is InChI=1S/C16H22N2O/c1-12(2)14-6-4-5-7-15(14)19-11-16(10-17,18-3)13-8-9-13/h4-7,12-13,18H,8-9,11H2,1-3H3. The summed E-state index contributed by atoms with van der Waals surface area (Å²) in [5.74, 6) is 1.74. The highest BCUT2D eigenvalue weighted by Gasteiger charge is 2.45. The zero-order valence-electron chi connectivity index (χ0n) is 11.9. The van der Waals surface area contributed by atoms with E-state index in [4.69, 9.17) is 4.74 Å². The number of likely N-dealkylation sites (N-methyl/N-ethyl adjacent to an activating group) is 1. The van der Waals surface area contributed by atoms with Crippen LogP contribution < -0.4 is 10.1 Å². The summed E-state index contributed by atoms with van der Waals surface area (Å²) in [6.07, 6.45) is 2.23. The molecule has 0 radical (unpaired) electrons. The van der Waals surface area contributed by atoms with E-state index in [2.05, 4.69) is 31.3 Å². The van der Waals surface area contributed by atoms with Gasteiger partial charge in [-0.15, -0.1) is 0 Å². The summed E-state index contributed by atoms with van der Waals surface area (Å²) in [6, 6.07) is 10.5. The summed E-state index contributed by atoms with van der Waals surface area (Å²) < 4.78 is 5.96. The van der Waals surface area contributed by atoms with Crippen LogP contribution in [0.3, 0.4) is 0 Å². The van der Waals surface area contributed by atoms with Gasteiger partial charge in [0, 0.05) is 0 Å². The van der Waals surface area contributed by atoms with Crippen molar-refractivity contribution in [3.05, 3.63) is 29.8 Å². The lowest BCUT2D eigenvalue weighted by atomic mass is 9.96. The number of benzene rings is 1. The monoisotopic (exact) mass is 258 g/mol. The fourth-order valence-electron chi connectivity index (χ4n) is 2.43. The predicted molar refractivity (Wildman–Crippen MR) is 76.2 cm³/mol. The number of nitrogens with zero attached hydrogens (tertiary/aromatic N) is 1. The van der Waals surface area contributed by atoms with Crippen LogP contribution in [0.15, 0.2) is 24.3 Å². The van der Waals surface area contributed by atoms with E-state index in [1.54, 1.807) is 0 Å². The summed E-state index contributed by atoms with van der Waals surface area (Å²) in [5.41, 5.74) is 0.658. The van der Waals surface area contributed by atoms with Gasteiger partial charge in [-0.1, -0.05) is 32.0 Å². The van der Waals surface area contributed by atoms with Crippen LogP contribution in [0.1, 0.15) is 38.2 Å². The van der Waals surface area contributed by atoms with Gasteiger partial charge in [-0.2, -0.15) is 5.26 Å². The predicted octanol–water partition coefficient (Wildman–Crippen LogP) is 3.08. The Labute approximate surface area is 115 Å². The molecule has 3 heteroatoms. The third kappa shape index (κ3) is 2.90. The molecule has 0 bridgehead atoms. The molecule has 3 nitrogen and oxygen atoms in total. The zero-order valence-corrected chi connectivity index (χ0v) is 11.9. The summed E-state index contributed by atoms with van der Waals surface area (Å²) >= 11 is 0. The molecule has 1 N–H and O–H groups in total. The van der Waals surface area contributed by atoms with E-state index >= 15 is 0 Å². The van der Waals surface area contributed by atoms with Crippen LogP contribution in [-0.2, 0) is 0 Å². The Morgan fingerprint density at radius 2 is 2.11 bits per heavy atom. The third-order valence-corrected chi connectivity index (χ3v) is 3.92. The molecule has 0 heterocycles. The SMILES string of the molecule is CNC(C#N)(COc1ccccc1C(C)C)C1CC1. The molecule has 0 aromatic heterocycles. The van der Waals surface area contributed by atoms with Crippen molar-refractivity contribution >= 4 is 0 Å². The molecule has 0 saturated heterocycles. The molecule has 0 spiro atoms. The summed E-state index contributed by atoms with van der Waals surface area (Å²) in [4.78, 5) is 0. The first-order chi connectivity index (χ1) is 9.13. The maximum absolute atomic E-state index is 9.45. The molecular weight excluding hydrogens is 236 g/mol. The first kappa shape index (κ1) is 13.9. The Morgan fingerprint density at radius 3 is 2.63 bits per heavy atom. The van der Waals surface area contributed by atoms with E-state index < -0.39 is 5.54 Å². The summed E-state index contributed by atoms with van der Waals surface area (Å²) in [6.45, 7) is 4.71. The van der Waals surface area contributed by atoms with Crippen LogP contribution in [-0.4, -0.2) is 19.2 Å². The van der Waals surface area contributed by atoms with E-state index in [9.17, 15) is 5.26 Å². The van der Waals surface area contributed by atoms with Gasteiger partial charge in [0.1, 0.15) is 17.9 Å². The van der Waals surface area contributed by atoms with E-state index in [0.29, 0.717) is 18.4 Å². The molecule has 102 valence electrons. The second-order valence-electron chi connectivity index (χ2n) is 5.59. The summed E-state index contributed by atoms with van der Waals surface area (Å²) in [5, 5.41) is 12.6. The normalized spacial score (nSPS) is 17.8. The number of ether oxygens (including phenoxy) is 1. The highest BCUT2D eigenvalue weighted by atomic mass is 16.5. The van der Waals surface area contributed by atoms with Crippen molar-refractivity contribution in [2.75, 3.05) is 13.7 Å². The second-order valence-corrected chi connectivity index (χ2v) is 5.59. The van der Waals surface area contributed by atoms with E-state index in [0.717, 1.165) is 18.6 Å². The van der Waals surface area contributed by atoms with Gasteiger partial charge in [-0.3, -0.25) is 5.32 Å². The number of rotatable bonds is 6. The van der Waals surface area contributed by atoms with E-state index in [1.165, 1.54) is 5.56 Å². The number of hydrogen-bond acceptors (Lipinski definition) is 3. The summed E-state index contributed by atoms with van der Waals surface area (Å²) in [7, 11) is 1.85. The van der Waals surface area contributed by atoms with E-state index in [1.807, 2.05) is 25.2 Å². The van der Waals surface area contributed by atoms with Crippen molar-refractivity contribution in [3.8, 4) is 11.8 Å². The quantitative estimate of drug-likeness (QED) is 0.853. The average molecular weight is 258 g/mol. The minimum absolute atomic E-state index is 0.411. The molecule has 1 unspecified atom stereocenters. The van der Waals surface area contributed by atoms with Crippen LogP contribution >= 0.6 is 0 Å². The topological polar surface area (TPSA) is 45.0 Å². The lowest BCUT2D eigenvalue weighted by Crippen LogP contribution is -2.49. The van der Waals surface area contributed by atoms with Gasteiger partial charge in [0.05, 0.1) is 6.07 Å². The molecule has 1 atom stereocenters. The Morgan fingerprint density at radius 1 is 1.42 bits per heavy atom. The molecule has 1 aromatic carbocycles. The van der Waals surface area contributed by atoms with Crippen molar-refractivity contribution in [3.63, 3.8) is 0 Å². The Hall–Kier alpha value is -1.53. The number of para-hydroxylation sites is 1. The molecule has 0 aliphatic heterocycles. The molecule has 1 saturated carbocycles. The van der Waals surface area contributed by atoms with Gasteiger partial charge < -0.3 is 4.74 Å². The average Bonchev–Trinajstić information content (AvgIpc) is 3.26. The first-order valence-corrected chi connectivity index (χ1v) is 6.95. The molecule has 1 aromatic rings. The maximum atomic E-state index is 9.45. The molecule has 1 fully saturated rings. The van der Waals surface area contributed by atoms with Crippen LogP contribution in [0.2, 0.25) is 0 Å². The van der Waals surface area contributed by atoms with Gasteiger partial charge in [-0.25, -0.2) is 0 Å². The number of nitrogens with one attached hydrogen (secondary N) is 1. The fourth-order valence-corrected chi connectivity index (χ4v) is 2.43. The maximum Gasteiger partial charge on any atom is 0.143 e. The lowest BCUT2D eigenvalue weighted by molar-refractivity contribution is 0.209. The largest absolute Gasteiger partial charge is 0.490 e. The van der Waals surface area contributed by atoms with Gasteiger partial charge >= 0.3 is 0 Å². The van der Waals surface area contributed by atoms with Crippen LogP contribution in [0.4, 0.5) is 0 Å². The van der Waals surface area contributed by atoms with Crippen molar-refractivity contribution in [2.45, 2.75) is 38.1 Å². The lowest BCUT2D eigenvalue weighted by Gasteiger charge is -2.27. The smallest absolute Gasteiger partial charge is 0.143 e. The molecule has 2 rings (SSSR count). The van der Waals surface area contributed by atoms with Crippen LogP contribution in [0.25, 0.3) is 0 Å². The van der Waals surface area contributed by atoms with Gasteiger partial charge in [0.2, 0.25) is 0 Å². The van der Waals surface area contributed by atoms with Gasteiger partial charge in [0.15, 0.2) is 0 Å². The first-order valence-electron chi connectivity index (χ1n) is 6.95. The highest BCUT2D eigenvalue weighted by molar-refractivity contribution is 5.36. The zero-order chi connectivity index (χ0) is 13.9. The van der Waals surface area contributed by atoms with Gasteiger partial charge in [0.25, 0.3) is 0 Å². The minimum atomic E-state index is -0.538. The fraction of sp³-hybridized carbons (Fsp3) is 0.562. The molecule has 0 amide bonds. The second kappa shape index (κ2) is 5.63. The van der Waals surface area contributed by atoms with Crippen molar-refractivity contribution < 1.29 is 4.74 Å². The van der Waals surface area contributed by atoms with Crippen molar-refractivity contribution in [1.29, 1.82) is 5.26 Å².